The summed E-state index contributed by atoms with van der Waals surface area (Å²) in [6.07, 6.45) is 2.62. The van der Waals surface area contributed by atoms with Crippen molar-refractivity contribution >= 4 is 11.9 Å². The van der Waals surface area contributed by atoms with Gasteiger partial charge < -0.3 is 10.4 Å². The molecule has 0 saturated heterocycles. The first-order valence-electron chi connectivity index (χ1n) is 4.24. The Labute approximate surface area is 77.6 Å². The lowest BCUT2D eigenvalue weighted by atomic mass is 10.1. The van der Waals surface area contributed by atoms with Crippen molar-refractivity contribution in [2.45, 2.75) is 32.2 Å². The van der Waals surface area contributed by atoms with Crippen LogP contribution in [0.2, 0.25) is 0 Å². The van der Waals surface area contributed by atoms with Gasteiger partial charge in [-0.1, -0.05) is 19.9 Å². The second-order valence-electron chi connectivity index (χ2n) is 2.80. The van der Waals surface area contributed by atoms with Crippen LogP contribution in [0.3, 0.4) is 0 Å². The molecule has 0 spiro atoms. The maximum Gasteiger partial charge on any atom is 0.305 e. The molecule has 0 aromatic rings. The normalized spacial score (nSPS) is 11.8. The molecule has 0 aromatic carbocycles. The molecule has 74 valence electrons. The molecule has 0 heterocycles. The molecule has 0 aliphatic carbocycles. The Bertz CT molecular complexity index is 201. The minimum Gasteiger partial charge on any atom is -0.481 e. The van der Waals surface area contributed by atoms with Gasteiger partial charge in [0.25, 0.3) is 0 Å². The Morgan fingerprint density at radius 1 is 1.62 bits per heavy atom. The lowest BCUT2D eigenvalue weighted by Gasteiger charge is -2.14. The van der Waals surface area contributed by atoms with Gasteiger partial charge in [-0.15, -0.1) is 0 Å². The van der Waals surface area contributed by atoms with Crippen LogP contribution in [-0.4, -0.2) is 23.0 Å². The van der Waals surface area contributed by atoms with E-state index < -0.39 is 5.97 Å². The molecule has 1 amide bonds. The van der Waals surface area contributed by atoms with Gasteiger partial charge in [-0.05, 0) is 12.5 Å². The smallest absolute Gasteiger partial charge is 0.305 e. The fourth-order valence-corrected chi connectivity index (χ4v) is 1.04. The van der Waals surface area contributed by atoms with Gasteiger partial charge in [0.2, 0.25) is 5.91 Å². The van der Waals surface area contributed by atoms with Crippen LogP contribution in [-0.2, 0) is 9.59 Å². The summed E-state index contributed by atoms with van der Waals surface area (Å²) in [5.74, 6) is -1.22. The molecule has 2 N–H and O–H groups in total. The van der Waals surface area contributed by atoms with Crippen LogP contribution < -0.4 is 5.32 Å². The highest BCUT2D eigenvalue weighted by molar-refractivity contribution is 5.87. The number of nitrogens with one attached hydrogen (secondary N) is 1. The van der Waals surface area contributed by atoms with E-state index in [0.717, 1.165) is 12.5 Å². The number of amides is 1. The predicted octanol–water partition coefficient (Wildman–Crippen LogP) is 0.932. The highest BCUT2D eigenvalue weighted by Crippen LogP contribution is 2.01. The molecule has 0 fully saturated rings. The molecule has 4 nitrogen and oxygen atoms in total. The topological polar surface area (TPSA) is 66.4 Å². The summed E-state index contributed by atoms with van der Waals surface area (Å²) in [7, 11) is 0. The summed E-state index contributed by atoms with van der Waals surface area (Å²) in [5.41, 5.74) is 0. The van der Waals surface area contributed by atoms with Crippen LogP contribution >= 0.6 is 0 Å². The molecule has 0 aliphatic rings. The Morgan fingerprint density at radius 3 is 2.62 bits per heavy atom. The van der Waals surface area contributed by atoms with E-state index in [1.54, 1.807) is 0 Å². The average molecular weight is 185 g/mol. The molecule has 0 saturated carbocycles. The number of rotatable bonds is 6. The average Bonchev–Trinajstić information content (AvgIpc) is 2.03. The van der Waals surface area contributed by atoms with Crippen molar-refractivity contribution < 1.29 is 14.7 Å². The molecule has 0 bridgehead atoms. The van der Waals surface area contributed by atoms with Crippen LogP contribution in [0.25, 0.3) is 0 Å². The Balaban J connectivity index is 4.00. The fraction of sp³-hybridized carbons (Fsp3) is 0.556. The zero-order valence-electron chi connectivity index (χ0n) is 7.75. The van der Waals surface area contributed by atoms with Crippen LogP contribution in [0, 0.1) is 0 Å². The molecule has 0 aromatic heterocycles. The highest BCUT2D eigenvalue weighted by Gasteiger charge is 2.12. The molecule has 4 heteroatoms. The monoisotopic (exact) mass is 185 g/mol. The Kier molecular flexibility index (Phi) is 5.59. The summed E-state index contributed by atoms with van der Waals surface area (Å²) in [6, 6.07) is -0.284. The first-order valence-corrected chi connectivity index (χ1v) is 4.24. The number of hydrogen-bond donors (Lipinski definition) is 2. The lowest BCUT2D eigenvalue weighted by Crippen LogP contribution is -2.35. The van der Waals surface area contributed by atoms with E-state index in [9.17, 15) is 9.59 Å². The standard InChI is InChI=1S/C9H15NO3/c1-3-5-7(6-9(12)13)10-8(11)4-2/h4,7H,2-3,5-6H2,1H3,(H,10,11)(H,12,13). The minimum atomic E-state index is -0.900. The molecule has 0 radical (unpaired) electrons. The molecule has 13 heavy (non-hydrogen) atoms. The molecule has 1 atom stereocenters. The van der Waals surface area contributed by atoms with E-state index >= 15 is 0 Å². The Morgan fingerprint density at radius 2 is 2.23 bits per heavy atom. The second kappa shape index (κ2) is 6.22. The quantitative estimate of drug-likeness (QED) is 0.605. The zero-order chi connectivity index (χ0) is 10.3. The van der Waals surface area contributed by atoms with Crippen molar-refractivity contribution in [1.82, 2.24) is 5.32 Å². The molecular weight excluding hydrogens is 170 g/mol. The fourth-order valence-electron chi connectivity index (χ4n) is 1.04. The maximum atomic E-state index is 10.9. The van der Waals surface area contributed by atoms with E-state index in [1.165, 1.54) is 0 Å². The zero-order valence-corrected chi connectivity index (χ0v) is 7.75. The van der Waals surface area contributed by atoms with Gasteiger partial charge in [0, 0.05) is 6.04 Å². The minimum absolute atomic E-state index is 0.0343. The summed E-state index contributed by atoms with van der Waals surface area (Å²) >= 11 is 0. The van der Waals surface area contributed by atoms with Crippen molar-refractivity contribution in [3.05, 3.63) is 12.7 Å². The summed E-state index contributed by atoms with van der Waals surface area (Å²) in [5, 5.41) is 11.1. The van der Waals surface area contributed by atoms with Crippen LogP contribution in [0.1, 0.15) is 26.2 Å². The third kappa shape index (κ3) is 5.90. The van der Waals surface area contributed by atoms with Crippen LogP contribution in [0.15, 0.2) is 12.7 Å². The first kappa shape index (κ1) is 11.7. The first-order chi connectivity index (χ1) is 6.10. The van der Waals surface area contributed by atoms with Crippen molar-refractivity contribution in [3.8, 4) is 0 Å². The summed E-state index contributed by atoms with van der Waals surface area (Å²) in [6.45, 7) is 5.23. The van der Waals surface area contributed by atoms with Crippen molar-refractivity contribution in [1.29, 1.82) is 0 Å². The van der Waals surface area contributed by atoms with Crippen molar-refractivity contribution in [3.63, 3.8) is 0 Å². The number of aliphatic carboxylic acids is 1. The van der Waals surface area contributed by atoms with Gasteiger partial charge in [0.05, 0.1) is 6.42 Å². The van der Waals surface area contributed by atoms with Crippen molar-refractivity contribution in [2.24, 2.45) is 0 Å². The largest absolute Gasteiger partial charge is 0.481 e. The van der Waals surface area contributed by atoms with Crippen LogP contribution in [0.4, 0.5) is 0 Å². The van der Waals surface area contributed by atoms with Gasteiger partial charge in [-0.3, -0.25) is 9.59 Å². The van der Waals surface area contributed by atoms with Gasteiger partial charge >= 0.3 is 5.97 Å². The Hall–Kier alpha value is -1.32. The number of carbonyl (C=O) groups excluding carboxylic acids is 1. The number of carbonyl (C=O) groups is 2. The van der Waals surface area contributed by atoms with Gasteiger partial charge in [-0.2, -0.15) is 0 Å². The molecule has 0 aliphatic heterocycles. The van der Waals surface area contributed by atoms with E-state index in [4.69, 9.17) is 5.11 Å². The second-order valence-corrected chi connectivity index (χ2v) is 2.80. The number of hydrogen-bond acceptors (Lipinski definition) is 2. The van der Waals surface area contributed by atoms with Crippen molar-refractivity contribution in [2.75, 3.05) is 0 Å². The molecular formula is C9H15NO3. The van der Waals surface area contributed by atoms with E-state index in [2.05, 4.69) is 11.9 Å². The SMILES string of the molecule is C=CC(=O)NC(CCC)CC(=O)O. The van der Waals surface area contributed by atoms with Gasteiger partial charge in [0.1, 0.15) is 0 Å². The van der Waals surface area contributed by atoms with Gasteiger partial charge in [0.15, 0.2) is 0 Å². The van der Waals surface area contributed by atoms with Crippen LogP contribution in [0.5, 0.6) is 0 Å². The third-order valence-electron chi connectivity index (χ3n) is 1.59. The molecule has 1 unspecified atom stereocenters. The van der Waals surface area contributed by atoms with E-state index in [1.807, 2.05) is 6.92 Å². The lowest BCUT2D eigenvalue weighted by molar-refractivity contribution is -0.137. The third-order valence-corrected chi connectivity index (χ3v) is 1.59. The van der Waals surface area contributed by atoms with E-state index in [0.29, 0.717) is 6.42 Å². The molecule has 0 rings (SSSR count). The summed E-state index contributed by atoms with van der Waals surface area (Å²) < 4.78 is 0. The number of carboxylic acid groups (broad SMARTS) is 1. The highest BCUT2D eigenvalue weighted by atomic mass is 16.4. The maximum absolute atomic E-state index is 10.9. The van der Waals surface area contributed by atoms with Gasteiger partial charge in [-0.25, -0.2) is 0 Å². The number of carboxylic acids is 1. The van der Waals surface area contributed by atoms with E-state index in [-0.39, 0.29) is 18.4 Å². The summed E-state index contributed by atoms with van der Waals surface area (Å²) in [4.78, 5) is 21.2. The predicted molar refractivity (Wildman–Crippen MR) is 49.3 cm³/mol.